The molecule has 4 bridgehead atoms. The number of hydrogen-bond donors (Lipinski definition) is 3. The number of aliphatic hydroxyl groups is 2. The second-order valence-electron chi connectivity index (χ2n) is 11.4. The van der Waals surface area contributed by atoms with Crippen molar-refractivity contribution in [3.05, 3.63) is 46.5 Å². The summed E-state index contributed by atoms with van der Waals surface area (Å²) in [5, 5.41) is 24.3. The van der Waals surface area contributed by atoms with Crippen molar-refractivity contribution >= 4 is 35.3 Å². The number of nitrogens with one attached hydrogen (secondary N) is 1. The summed E-state index contributed by atoms with van der Waals surface area (Å²) in [4.78, 5) is 39.7. The van der Waals surface area contributed by atoms with Crippen molar-refractivity contribution in [1.29, 1.82) is 0 Å². The number of methoxy groups -OCH3 is 2. The molecule has 3 aliphatic heterocycles. The zero-order valence-electron chi connectivity index (χ0n) is 25.1. The minimum atomic E-state index is -1.83. The van der Waals surface area contributed by atoms with E-state index in [-0.39, 0.29) is 30.9 Å². The van der Waals surface area contributed by atoms with Gasteiger partial charge in [-0.3, -0.25) is 14.9 Å². The van der Waals surface area contributed by atoms with E-state index in [1.54, 1.807) is 51.3 Å². The van der Waals surface area contributed by atoms with E-state index in [2.05, 4.69) is 5.32 Å². The molecule has 2 fully saturated rings. The Labute approximate surface area is 255 Å². The Morgan fingerprint density at radius 1 is 1.28 bits per heavy atom. The molecule has 4 rings (SSSR count). The third kappa shape index (κ3) is 6.83. The number of esters is 1. The fourth-order valence-electron chi connectivity index (χ4n) is 5.83. The molecule has 1 aromatic carbocycles. The van der Waals surface area contributed by atoms with Gasteiger partial charge in [0.1, 0.15) is 34.7 Å². The highest BCUT2D eigenvalue weighted by atomic mass is 35.5. The highest BCUT2D eigenvalue weighted by Gasteiger charge is 2.64. The van der Waals surface area contributed by atoms with Crippen molar-refractivity contribution in [2.24, 2.45) is 5.92 Å². The first-order valence-corrected chi connectivity index (χ1v) is 14.3. The Hall–Kier alpha value is -3.16. The summed E-state index contributed by atoms with van der Waals surface area (Å²) >= 11 is 6.63. The van der Waals surface area contributed by atoms with Gasteiger partial charge in [-0.15, -0.1) is 0 Å². The van der Waals surface area contributed by atoms with Gasteiger partial charge in [0, 0.05) is 33.4 Å². The van der Waals surface area contributed by atoms with Crippen molar-refractivity contribution in [2.45, 2.75) is 75.8 Å². The minimum Gasteiger partial charge on any atom is -0.495 e. The summed E-state index contributed by atoms with van der Waals surface area (Å²) in [6, 6.07) is 3.44. The average Bonchev–Trinajstić information content (AvgIpc) is 3.65. The number of ether oxygens (including phenoxy) is 5. The number of aliphatic hydroxyl groups excluding tert-OH is 1. The molecule has 236 valence electrons. The first-order valence-electron chi connectivity index (χ1n) is 13.9. The van der Waals surface area contributed by atoms with Gasteiger partial charge in [0.15, 0.2) is 5.72 Å². The number of halogens is 1. The Bertz CT molecular complexity index is 1320. The van der Waals surface area contributed by atoms with E-state index in [4.69, 9.17) is 35.3 Å². The molecule has 43 heavy (non-hydrogen) atoms. The zero-order valence-corrected chi connectivity index (χ0v) is 25.8. The Morgan fingerprint density at radius 2 is 2.00 bits per heavy atom. The molecule has 0 aliphatic carbocycles. The molecule has 3 heterocycles. The molecule has 7 atom stereocenters. The van der Waals surface area contributed by atoms with Crippen LogP contribution in [0.25, 0.3) is 0 Å². The predicted octanol–water partition coefficient (Wildman–Crippen LogP) is 2.66. The molecular weight excluding hydrogens is 584 g/mol. The summed E-state index contributed by atoms with van der Waals surface area (Å²) in [6.45, 7) is 4.49. The van der Waals surface area contributed by atoms with Gasteiger partial charge in [-0.05, 0) is 36.6 Å². The number of epoxide rings is 1. The fraction of sp³-hybridized carbons (Fsp3) is 0.567. The van der Waals surface area contributed by atoms with Gasteiger partial charge < -0.3 is 38.8 Å². The Morgan fingerprint density at radius 3 is 2.63 bits per heavy atom. The van der Waals surface area contributed by atoms with Gasteiger partial charge in [0.25, 0.3) is 0 Å². The van der Waals surface area contributed by atoms with Gasteiger partial charge in [0.2, 0.25) is 5.91 Å². The number of allylic oxidation sites excluding steroid dienone is 2. The molecule has 0 aromatic heterocycles. The van der Waals surface area contributed by atoms with Crippen LogP contribution in [0.1, 0.15) is 39.2 Å². The van der Waals surface area contributed by atoms with Crippen LogP contribution in [-0.2, 0) is 35.0 Å². The first kappa shape index (κ1) is 32.7. The zero-order chi connectivity index (χ0) is 31.7. The second-order valence-corrected chi connectivity index (χ2v) is 11.7. The number of fused-ring (bicyclic) bond motifs is 5. The summed E-state index contributed by atoms with van der Waals surface area (Å²) < 4.78 is 28.3. The molecule has 0 spiro atoms. The van der Waals surface area contributed by atoms with Crippen molar-refractivity contribution < 1.29 is 48.3 Å². The summed E-state index contributed by atoms with van der Waals surface area (Å²) in [6.07, 6.45) is 0.724. The third-order valence-corrected chi connectivity index (χ3v) is 8.74. The fourth-order valence-corrected chi connectivity index (χ4v) is 6.14. The number of alkyl carbamates (subject to hydrolysis) is 1. The Balaban J connectivity index is 1.81. The summed E-state index contributed by atoms with van der Waals surface area (Å²) in [5.74, 6) is -1.13. The van der Waals surface area contributed by atoms with Crippen LogP contribution in [0.5, 0.6) is 5.75 Å². The van der Waals surface area contributed by atoms with E-state index in [9.17, 15) is 24.6 Å². The molecular formula is C30H39ClN2O10. The topological polar surface area (TPSA) is 156 Å². The van der Waals surface area contributed by atoms with Crippen LogP contribution in [0.4, 0.5) is 10.5 Å². The number of rotatable bonds is 4. The third-order valence-electron chi connectivity index (χ3n) is 8.36. The lowest BCUT2D eigenvalue weighted by atomic mass is 9.83. The van der Waals surface area contributed by atoms with Gasteiger partial charge in [-0.1, -0.05) is 36.8 Å². The smallest absolute Gasteiger partial charge is 0.409 e. The van der Waals surface area contributed by atoms with Gasteiger partial charge in [-0.25, -0.2) is 4.79 Å². The number of hydrogen-bond acceptors (Lipinski definition) is 10. The molecule has 1 aromatic rings. The van der Waals surface area contributed by atoms with Crippen LogP contribution in [0.2, 0.25) is 5.02 Å². The molecule has 1 unspecified atom stereocenters. The number of anilines is 1. The van der Waals surface area contributed by atoms with E-state index in [1.165, 1.54) is 26.0 Å². The standard InChI is InChI=1S/C30H39ClN2O10/c1-16-22-14-30(38,32-28(37)42-22)23(40-6)9-7-8-18(15-34)10-19-11-20(26(31)21(12-19)39-5)33(4)25(36)13-24(41-17(2)35)29(3)27(16)43-29/h7-9,11-12,16,22-24,27,34,38H,10,13-15H2,1-6H3,(H,32,37)/b9-7-,18-8+/t16-,22+,23-,24?,27+,29+,30+/m1/s1. The maximum absolute atomic E-state index is 13.6. The van der Waals surface area contributed by atoms with E-state index in [0.717, 1.165) is 0 Å². The maximum atomic E-state index is 13.6. The molecule has 2 saturated heterocycles. The lowest BCUT2D eigenvalue weighted by Gasteiger charge is -2.42. The van der Waals surface area contributed by atoms with Crippen molar-refractivity contribution in [1.82, 2.24) is 5.32 Å². The van der Waals surface area contributed by atoms with Crippen molar-refractivity contribution in [3.63, 3.8) is 0 Å². The molecule has 13 heteroatoms. The molecule has 3 aliphatic rings. The molecule has 0 radical (unpaired) electrons. The van der Waals surface area contributed by atoms with E-state index in [1.807, 2.05) is 0 Å². The number of carbonyl (C=O) groups is 3. The number of nitrogens with zero attached hydrogens (tertiary/aromatic N) is 1. The predicted molar refractivity (Wildman–Crippen MR) is 156 cm³/mol. The quantitative estimate of drug-likeness (QED) is 0.337. The monoisotopic (exact) mass is 622 g/mol. The normalized spacial score (nSPS) is 35.0. The lowest BCUT2D eigenvalue weighted by Crippen LogP contribution is -2.63. The SMILES string of the molecule is COc1cc2cc(c1Cl)N(C)C(=O)CC(OC(C)=O)[C@]1(C)O[C@H]1[C@H](C)[C@@H]1C[C@@](O)(NC(=O)O1)[C@H](OC)/C=C\C=C(\CO)C2. The van der Waals surface area contributed by atoms with Crippen LogP contribution in [-0.4, -0.2) is 91.8 Å². The second kappa shape index (κ2) is 12.8. The van der Waals surface area contributed by atoms with Crippen LogP contribution < -0.4 is 15.0 Å². The highest BCUT2D eigenvalue weighted by molar-refractivity contribution is 6.35. The van der Waals surface area contributed by atoms with E-state index >= 15 is 0 Å². The number of benzene rings is 1. The van der Waals surface area contributed by atoms with E-state index in [0.29, 0.717) is 22.6 Å². The van der Waals surface area contributed by atoms with Crippen molar-refractivity contribution in [2.75, 3.05) is 32.8 Å². The van der Waals surface area contributed by atoms with Crippen molar-refractivity contribution in [3.8, 4) is 5.75 Å². The average molecular weight is 623 g/mol. The number of amides is 2. The molecule has 12 nitrogen and oxygen atoms in total. The first-order chi connectivity index (χ1) is 20.3. The maximum Gasteiger partial charge on any atom is 0.409 e. The van der Waals surface area contributed by atoms with Crippen LogP contribution in [0.15, 0.2) is 35.9 Å². The van der Waals surface area contributed by atoms with Gasteiger partial charge >= 0.3 is 12.1 Å². The van der Waals surface area contributed by atoms with E-state index < -0.39 is 59.6 Å². The molecule has 0 saturated carbocycles. The van der Waals surface area contributed by atoms with Crippen LogP contribution in [0, 0.1) is 5.92 Å². The molecule has 3 N–H and O–H groups in total. The van der Waals surface area contributed by atoms with Crippen LogP contribution >= 0.6 is 11.6 Å². The minimum absolute atomic E-state index is 0.0424. The van der Waals surface area contributed by atoms with Gasteiger partial charge in [0.05, 0.1) is 31.9 Å². The number of carbonyl (C=O) groups excluding carboxylic acids is 3. The highest BCUT2D eigenvalue weighted by Crippen LogP contribution is 2.49. The van der Waals surface area contributed by atoms with Crippen LogP contribution in [0.3, 0.4) is 0 Å². The van der Waals surface area contributed by atoms with Gasteiger partial charge in [-0.2, -0.15) is 0 Å². The summed E-state index contributed by atoms with van der Waals surface area (Å²) in [5.41, 5.74) is -1.24. The largest absolute Gasteiger partial charge is 0.495 e. The Kier molecular flexibility index (Phi) is 9.77. The molecule has 2 amide bonds. The summed E-state index contributed by atoms with van der Waals surface area (Å²) in [7, 11) is 4.42. The lowest BCUT2D eigenvalue weighted by molar-refractivity contribution is -0.151.